The van der Waals surface area contributed by atoms with Gasteiger partial charge in [0.1, 0.15) is 24.3 Å². The van der Waals surface area contributed by atoms with Gasteiger partial charge in [-0.3, -0.25) is 4.79 Å². The van der Waals surface area contributed by atoms with Gasteiger partial charge in [0.2, 0.25) is 5.91 Å². The maximum Gasteiger partial charge on any atom is 0.407 e. The fraction of sp³-hybridized carbons (Fsp3) is 0.524. The Hall–Kier alpha value is -2.61. The summed E-state index contributed by atoms with van der Waals surface area (Å²) in [4.78, 5) is 24.9. The van der Waals surface area contributed by atoms with Gasteiger partial charge in [-0.05, 0) is 17.6 Å². The number of hydrogen-bond donors (Lipinski definition) is 1. The van der Waals surface area contributed by atoms with Gasteiger partial charge in [0, 0.05) is 25.6 Å². The van der Waals surface area contributed by atoms with Gasteiger partial charge in [-0.25, -0.2) is 9.18 Å². The van der Waals surface area contributed by atoms with Crippen LogP contribution in [0.15, 0.2) is 49.0 Å². The van der Waals surface area contributed by atoms with Crippen molar-refractivity contribution in [3.05, 3.63) is 49.0 Å². The molecule has 1 N–H and O–H groups in total. The van der Waals surface area contributed by atoms with Crippen LogP contribution in [0, 0.1) is 5.92 Å². The second kappa shape index (κ2) is 12.8. The third-order valence-electron chi connectivity index (χ3n) is 4.21. The van der Waals surface area contributed by atoms with E-state index in [2.05, 4.69) is 25.1 Å². The van der Waals surface area contributed by atoms with E-state index in [4.69, 9.17) is 14.2 Å². The van der Waals surface area contributed by atoms with E-state index in [9.17, 15) is 14.0 Å². The molecule has 1 heterocycles. The normalized spacial score (nSPS) is 16.5. The maximum absolute atomic E-state index is 13.1. The summed E-state index contributed by atoms with van der Waals surface area (Å²) in [5, 5.41) is 2.59. The molecule has 1 unspecified atom stereocenters. The van der Waals surface area contributed by atoms with Crippen LogP contribution in [0.2, 0.25) is 0 Å². The lowest BCUT2D eigenvalue weighted by Gasteiger charge is -2.16. The van der Waals surface area contributed by atoms with Crippen molar-refractivity contribution < 1.29 is 28.2 Å². The summed E-state index contributed by atoms with van der Waals surface area (Å²) in [6, 6.07) is 0. The molecule has 0 aromatic heterocycles. The number of rotatable bonds is 12. The Morgan fingerprint density at radius 2 is 2.00 bits per heavy atom. The average Bonchev–Trinajstić information content (AvgIpc) is 3.12. The number of carbonyl (C=O) groups excluding carboxylic acids is 2. The standard InChI is InChI=1S/C21H31FN2O5/c1-6-20(25)24-9-7-18(14-24)29-21(26)23-8-10-27-11-12-28-19(13-16(4)22)17(5)15(2)3/h6,13,15,18H,1,4-5,7-12,14H2,2-3H3,(H,23,26)/b19-13+. The Labute approximate surface area is 171 Å². The van der Waals surface area contributed by atoms with E-state index in [1.165, 1.54) is 12.2 Å². The van der Waals surface area contributed by atoms with Gasteiger partial charge >= 0.3 is 6.09 Å². The topological polar surface area (TPSA) is 77.1 Å². The van der Waals surface area contributed by atoms with Crippen molar-refractivity contribution in [2.75, 3.05) is 39.5 Å². The summed E-state index contributed by atoms with van der Waals surface area (Å²) in [5.74, 6) is -0.320. The molecule has 0 aliphatic carbocycles. The molecule has 1 fully saturated rings. The summed E-state index contributed by atoms with van der Waals surface area (Å²) in [6.07, 6.45) is 2.17. The Morgan fingerprint density at radius 1 is 1.28 bits per heavy atom. The third-order valence-corrected chi connectivity index (χ3v) is 4.21. The summed E-state index contributed by atoms with van der Waals surface area (Å²) >= 11 is 0. The van der Waals surface area contributed by atoms with E-state index >= 15 is 0 Å². The molecule has 7 nitrogen and oxygen atoms in total. The van der Waals surface area contributed by atoms with Crippen LogP contribution in [-0.2, 0) is 19.0 Å². The van der Waals surface area contributed by atoms with Crippen LogP contribution in [0.25, 0.3) is 0 Å². The van der Waals surface area contributed by atoms with Gasteiger partial charge in [-0.1, -0.05) is 33.6 Å². The highest BCUT2D eigenvalue weighted by Gasteiger charge is 2.27. The van der Waals surface area contributed by atoms with Crippen LogP contribution < -0.4 is 5.32 Å². The second-order valence-electron chi connectivity index (χ2n) is 6.83. The Balaban J connectivity index is 2.16. The van der Waals surface area contributed by atoms with Gasteiger partial charge in [-0.15, -0.1) is 0 Å². The molecule has 0 bridgehead atoms. The summed E-state index contributed by atoms with van der Waals surface area (Å²) in [6.45, 7) is 16.3. The monoisotopic (exact) mass is 410 g/mol. The minimum Gasteiger partial charge on any atom is -0.491 e. The molecule has 8 heteroatoms. The Bertz CT molecular complexity index is 645. The van der Waals surface area contributed by atoms with Crippen LogP contribution in [0.3, 0.4) is 0 Å². The highest BCUT2D eigenvalue weighted by Crippen LogP contribution is 2.20. The van der Waals surface area contributed by atoms with Crippen LogP contribution in [0.5, 0.6) is 0 Å². The smallest absolute Gasteiger partial charge is 0.407 e. The molecular weight excluding hydrogens is 379 g/mol. The fourth-order valence-electron chi connectivity index (χ4n) is 2.54. The minimum absolute atomic E-state index is 0.110. The van der Waals surface area contributed by atoms with Crippen molar-refractivity contribution in [1.29, 1.82) is 0 Å². The number of hydrogen-bond acceptors (Lipinski definition) is 5. The number of amides is 2. The molecule has 1 saturated heterocycles. The molecular formula is C21H31FN2O5. The summed E-state index contributed by atoms with van der Waals surface area (Å²) in [7, 11) is 0. The molecule has 29 heavy (non-hydrogen) atoms. The molecule has 1 aliphatic heterocycles. The maximum atomic E-state index is 13.1. The number of ether oxygens (including phenoxy) is 3. The molecule has 0 aromatic rings. The van der Waals surface area contributed by atoms with Crippen molar-refractivity contribution >= 4 is 12.0 Å². The number of likely N-dealkylation sites (tertiary alicyclic amines) is 1. The second-order valence-corrected chi connectivity index (χ2v) is 6.83. The number of allylic oxidation sites excluding steroid dienone is 3. The predicted octanol–water partition coefficient (Wildman–Crippen LogP) is 3.11. The number of nitrogens with one attached hydrogen (secondary N) is 1. The zero-order chi connectivity index (χ0) is 21.8. The van der Waals surface area contributed by atoms with Crippen LogP contribution in [0.4, 0.5) is 9.18 Å². The molecule has 1 atom stereocenters. The van der Waals surface area contributed by atoms with E-state index in [-0.39, 0.29) is 44.3 Å². The number of alkyl carbamates (subject to hydrolysis) is 1. The van der Waals surface area contributed by atoms with Gasteiger partial charge in [-0.2, -0.15) is 0 Å². The molecule has 162 valence electrons. The first-order valence-electron chi connectivity index (χ1n) is 9.56. The quantitative estimate of drug-likeness (QED) is 0.232. The summed E-state index contributed by atoms with van der Waals surface area (Å²) in [5.41, 5.74) is 0.675. The van der Waals surface area contributed by atoms with Gasteiger partial charge in [0.25, 0.3) is 0 Å². The minimum atomic E-state index is -0.607. The van der Waals surface area contributed by atoms with E-state index in [0.29, 0.717) is 30.8 Å². The van der Waals surface area contributed by atoms with E-state index < -0.39 is 11.9 Å². The van der Waals surface area contributed by atoms with Crippen LogP contribution in [0.1, 0.15) is 20.3 Å². The molecule has 1 aliphatic rings. The molecule has 1 rings (SSSR count). The summed E-state index contributed by atoms with van der Waals surface area (Å²) < 4.78 is 29.2. The van der Waals surface area contributed by atoms with Crippen LogP contribution >= 0.6 is 0 Å². The third kappa shape index (κ3) is 9.43. The highest BCUT2D eigenvalue weighted by atomic mass is 19.1. The van der Waals surface area contributed by atoms with Crippen LogP contribution in [-0.4, -0.2) is 62.5 Å². The first-order chi connectivity index (χ1) is 13.7. The first-order valence-corrected chi connectivity index (χ1v) is 9.56. The van der Waals surface area contributed by atoms with Crippen molar-refractivity contribution in [3.63, 3.8) is 0 Å². The molecule has 0 radical (unpaired) electrons. The lowest BCUT2D eigenvalue weighted by Crippen LogP contribution is -2.34. The zero-order valence-corrected chi connectivity index (χ0v) is 17.2. The number of carbonyl (C=O) groups is 2. The number of nitrogens with zero attached hydrogens (tertiary/aromatic N) is 1. The average molecular weight is 410 g/mol. The zero-order valence-electron chi connectivity index (χ0n) is 17.2. The van der Waals surface area contributed by atoms with Crippen molar-refractivity contribution in [1.82, 2.24) is 10.2 Å². The van der Waals surface area contributed by atoms with Crippen molar-refractivity contribution in [2.24, 2.45) is 5.92 Å². The van der Waals surface area contributed by atoms with Crippen molar-refractivity contribution in [2.45, 2.75) is 26.4 Å². The van der Waals surface area contributed by atoms with Gasteiger partial charge in [0.05, 0.1) is 19.8 Å². The Morgan fingerprint density at radius 3 is 2.62 bits per heavy atom. The van der Waals surface area contributed by atoms with E-state index in [0.717, 1.165) is 0 Å². The lowest BCUT2D eigenvalue weighted by atomic mass is 10.0. The molecule has 2 amide bonds. The molecule has 0 saturated carbocycles. The molecule has 0 aromatic carbocycles. The SMILES string of the molecule is C=CC(=O)N1CCC(OC(=O)NCCOCCO/C(=C/C(=C)F)C(=C)C(C)C)C1. The van der Waals surface area contributed by atoms with Crippen molar-refractivity contribution in [3.8, 4) is 0 Å². The van der Waals surface area contributed by atoms with Gasteiger partial charge < -0.3 is 24.4 Å². The molecule has 0 spiro atoms. The lowest BCUT2D eigenvalue weighted by molar-refractivity contribution is -0.125. The fourth-order valence-corrected chi connectivity index (χ4v) is 2.54. The van der Waals surface area contributed by atoms with E-state index in [1.54, 1.807) is 4.90 Å². The number of halogens is 1. The van der Waals surface area contributed by atoms with Gasteiger partial charge in [0.15, 0.2) is 0 Å². The predicted molar refractivity (Wildman–Crippen MR) is 109 cm³/mol. The highest BCUT2D eigenvalue weighted by molar-refractivity contribution is 5.87. The largest absolute Gasteiger partial charge is 0.491 e. The Kier molecular flexibility index (Phi) is 10.8. The first kappa shape index (κ1) is 24.4. The van der Waals surface area contributed by atoms with E-state index in [1.807, 2.05) is 13.8 Å².